The number of thiocarbonyl (C=S) groups is 1. The van der Waals surface area contributed by atoms with Crippen molar-refractivity contribution in [2.75, 3.05) is 14.2 Å². The van der Waals surface area contributed by atoms with E-state index in [9.17, 15) is 0 Å². The van der Waals surface area contributed by atoms with E-state index >= 15 is 0 Å². The fraction of sp³-hybridized carbons (Fsp3) is 0.333. The van der Waals surface area contributed by atoms with Crippen molar-refractivity contribution < 1.29 is 4.84 Å². The fourth-order valence-corrected chi connectivity index (χ4v) is 1.14. The summed E-state index contributed by atoms with van der Waals surface area (Å²) in [7, 11) is 3.34. The number of hydroxylamine groups is 2. The second-order valence-corrected chi connectivity index (χ2v) is 3.02. The standard InChI is InChI=1S/C9H13N3OS/c1-10-9(14)12(13-2)7-8-4-3-5-11-6-8/h3-6H,7H2,1-2H3,(H,10,14). The SMILES string of the molecule is CNC(=S)N(Cc1cccnc1)OC. The highest BCUT2D eigenvalue weighted by atomic mass is 32.1. The van der Waals surface area contributed by atoms with Crippen molar-refractivity contribution in [3.05, 3.63) is 30.1 Å². The first kappa shape index (κ1) is 10.9. The zero-order chi connectivity index (χ0) is 10.4. The first-order chi connectivity index (χ1) is 6.77. The highest BCUT2D eigenvalue weighted by Gasteiger charge is 2.07. The molecule has 14 heavy (non-hydrogen) atoms. The Morgan fingerprint density at radius 1 is 1.71 bits per heavy atom. The van der Waals surface area contributed by atoms with Crippen molar-refractivity contribution in [3.8, 4) is 0 Å². The summed E-state index contributed by atoms with van der Waals surface area (Å²) >= 11 is 5.04. The summed E-state index contributed by atoms with van der Waals surface area (Å²) in [6.07, 6.45) is 3.52. The summed E-state index contributed by atoms with van der Waals surface area (Å²) in [4.78, 5) is 9.12. The maximum absolute atomic E-state index is 5.11. The molecule has 0 fully saturated rings. The molecule has 1 aromatic heterocycles. The van der Waals surface area contributed by atoms with Gasteiger partial charge >= 0.3 is 0 Å². The Bertz CT molecular complexity index is 291. The van der Waals surface area contributed by atoms with Gasteiger partial charge < -0.3 is 5.32 Å². The van der Waals surface area contributed by atoms with Crippen LogP contribution >= 0.6 is 12.2 Å². The molecule has 0 aromatic carbocycles. The van der Waals surface area contributed by atoms with E-state index in [0.29, 0.717) is 11.7 Å². The van der Waals surface area contributed by atoms with Crippen LogP contribution in [-0.4, -0.2) is 29.3 Å². The predicted molar refractivity (Wildman–Crippen MR) is 58.4 cm³/mol. The van der Waals surface area contributed by atoms with E-state index < -0.39 is 0 Å². The Labute approximate surface area is 88.8 Å². The average Bonchev–Trinajstić information content (AvgIpc) is 2.26. The Hall–Kier alpha value is -1.20. The molecule has 0 unspecified atom stereocenters. The second kappa shape index (κ2) is 5.51. The van der Waals surface area contributed by atoms with Crippen LogP contribution < -0.4 is 5.32 Å². The molecule has 0 saturated carbocycles. The Kier molecular flexibility index (Phi) is 4.28. The van der Waals surface area contributed by atoms with E-state index in [1.165, 1.54) is 0 Å². The molecule has 0 saturated heterocycles. The Morgan fingerprint density at radius 3 is 3.00 bits per heavy atom. The molecule has 0 aliphatic heterocycles. The molecule has 5 heteroatoms. The molecule has 4 nitrogen and oxygen atoms in total. The molecule has 0 aliphatic carbocycles. The Morgan fingerprint density at radius 2 is 2.50 bits per heavy atom. The molecule has 1 heterocycles. The molecule has 0 spiro atoms. The van der Waals surface area contributed by atoms with Crippen molar-refractivity contribution in [2.24, 2.45) is 0 Å². The van der Waals surface area contributed by atoms with Crippen molar-refractivity contribution in [3.63, 3.8) is 0 Å². The van der Waals surface area contributed by atoms with Gasteiger partial charge in [-0.15, -0.1) is 0 Å². The first-order valence-corrected chi connectivity index (χ1v) is 4.61. The van der Waals surface area contributed by atoms with E-state index in [1.807, 2.05) is 12.1 Å². The normalized spacial score (nSPS) is 9.57. The summed E-state index contributed by atoms with van der Waals surface area (Å²) in [5, 5.41) is 4.99. The lowest BCUT2D eigenvalue weighted by molar-refractivity contribution is -0.0723. The highest BCUT2D eigenvalue weighted by Crippen LogP contribution is 2.02. The molecule has 0 bridgehead atoms. The molecule has 1 rings (SSSR count). The van der Waals surface area contributed by atoms with Crippen LogP contribution in [0.25, 0.3) is 0 Å². The Balaban J connectivity index is 2.62. The van der Waals surface area contributed by atoms with Gasteiger partial charge in [-0.2, -0.15) is 0 Å². The van der Waals surface area contributed by atoms with Gasteiger partial charge in [-0.1, -0.05) is 6.07 Å². The van der Waals surface area contributed by atoms with Crippen LogP contribution in [0.3, 0.4) is 0 Å². The fourth-order valence-electron chi connectivity index (χ4n) is 1.00. The van der Waals surface area contributed by atoms with Gasteiger partial charge in [0.1, 0.15) is 0 Å². The summed E-state index contributed by atoms with van der Waals surface area (Å²) in [6.45, 7) is 0.587. The van der Waals surface area contributed by atoms with Gasteiger partial charge in [-0.05, 0) is 23.8 Å². The van der Waals surface area contributed by atoms with Gasteiger partial charge in [0.2, 0.25) is 0 Å². The molecular formula is C9H13N3OS. The van der Waals surface area contributed by atoms with Crippen LogP contribution in [0.1, 0.15) is 5.56 Å². The average molecular weight is 211 g/mol. The minimum atomic E-state index is 0.552. The van der Waals surface area contributed by atoms with Crippen LogP contribution in [0.2, 0.25) is 0 Å². The monoisotopic (exact) mass is 211 g/mol. The zero-order valence-electron chi connectivity index (χ0n) is 8.23. The quantitative estimate of drug-likeness (QED) is 0.595. The van der Waals surface area contributed by atoms with E-state index in [-0.39, 0.29) is 0 Å². The summed E-state index contributed by atoms with van der Waals surface area (Å²) in [5.41, 5.74) is 1.05. The molecule has 0 radical (unpaired) electrons. The summed E-state index contributed by atoms with van der Waals surface area (Å²) < 4.78 is 0. The number of hydrogen-bond donors (Lipinski definition) is 1. The van der Waals surface area contributed by atoms with E-state index in [4.69, 9.17) is 17.1 Å². The van der Waals surface area contributed by atoms with Crippen molar-refractivity contribution in [2.45, 2.75) is 6.54 Å². The zero-order valence-corrected chi connectivity index (χ0v) is 9.04. The topological polar surface area (TPSA) is 37.4 Å². The van der Waals surface area contributed by atoms with Crippen LogP contribution in [-0.2, 0) is 11.4 Å². The van der Waals surface area contributed by atoms with Crippen LogP contribution in [0.4, 0.5) is 0 Å². The second-order valence-electron chi connectivity index (χ2n) is 2.64. The predicted octanol–water partition coefficient (Wildman–Crippen LogP) is 0.949. The van der Waals surface area contributed by atoms with Crippen LogP contribution in [0.15, 0.2) is 24.5 Å². The molecule has 0 atom stereocenters. The maximum Gasteiger partial charge on any atom is 0.193 e. The number of rotatable bonds is 3. The minimum absolute atomic E-state index is 0.552. The van der Waals surface area contributed by atoms with Crippen molar-refractivity contribution in [1.82, 2.24) is 15.4 Å². The lowest BCUT2D eigenvalue weighted by atomic mass is 10.3. The highest BCUT2D eigenvalue weighted by molar-refractivity contribution is 7.80. The molecule has 0 amide bonds. The van der Waals surface area contributed by atoms with E-state index in [2.05, 4.69) is 10.3 Å². The smallest absolute Gasteiger partial charge is 0.193 e. The van der Waals surface area contributed by atoms with E-state index in [0.717, 1.165) is 5.56 Å². The minimum Gasteiger partial charge on any atom is -0.364 e. The summed E-state index contributed by atoms with van der Waals surface area (Å²) in [6, 6.07) is 3.85. The van der Waals surface area contributed by atoms with Crippen molar-refractivity contribution in [1.29, 1.82) is 0 Å². The van der Waals surface area contributed by atoms with Crippen LogP contribution in [0.5, 0.6) is 0 Å². The summed E-state index contributed by atoms with van der Waals surface area (Å²) in [5.74, 6) is 0. The third kappa shape index (κ3) is 2.93. The third-order valence-corrected chi connectivity index (χ3v) is 2.12. The molecule has 1 N–H and O–H groups in total. The lowest BCUT2D eigenvalue weighted by Crippen LogP contribution is -2.36. The van der Waals surface area contributed by atoms with Gasteiger partial charge in [-0.3, -0.25) is 9.82 Å². The van der Waals surface area contributed by atoms with Crippen LogP contribution in [0, 0.1) is 0 Å². The lowest BCUT2D eigenvalue weighted by Gasteiger charge is -2.21. The first-order valence-electron chi connectivity index (χ1n) is 4.20. The molecular weight excluding hydrogens is 198 g/mol. The van der Waals surface area contributed by atoms with Gasteiger partial charge in [0, 0.05) is 19.4 Å². The molecule has 76 valence electrons. The van der Waals surface area contributed by atoms with Gasteiger partial charge in [0.05, 0.1) is 13.7 Å². The van der Waals surface area contributed by atoms with Gasteiger partial charge in [0.15, 0.2) is 5.11 Å². The number of nitrogens with zero attached hydrogens (tertiary/aromatic N) is 2. The third-order valence-electron chi connectivity index (χ3n) is 1.71. The number of nitrogens with one attached hydrogen (secondary N) is 1. The largest absolute Gasteiger partial charge is 0.364 e. The van der Waals surface area contributed by atoms with Gasteiger partial charge in [-0.25, -0.2) is 5.06 Å². The maximum atomic E-state index is 5.11. The van der Waals surface area contributed by atoms with E-state index in [1.54, 1.807) is 31.6 Å². The number of aromatic nitrogens is 1. The van der Waals surface area contributed by atoms with Crippen molar-refractivity contribution >= 4 is 17.3 Å². The number of pyridine rings is 1. The molecule has 0 aliphatic rings. The number of hydrogen-bond acceptors (Lipinski definition) is 3. The van der Waals surface area contributed by atoms with Gasteiger partial charge in [0.25, 0.3) is 0 Å². The molecule has 1 aromatic rings.